The first kappa shape index (κ1) is 12.1. The number of rotatable bonds is 1. The van der Waals surface area contributed by atoms with Gasteiger partial charge < -0.3 is 5.73 Å². The number of aromatic nitrogens is 2. The fourth-order valence-electron chi connectivity index (χ4n) is 2.12. The third-order valence-corrected chi connectivity index (χ3v) is 3.67. The lowest BCUT2D eigenvalue weighted by molar-refractivity contribution is 1.31. The van der Waals surface area contributed by atoms with Crippen LogP contribution >= 0.6 is 15.9 Å². The van der Waals surface area contributed by atoms with E-state index in [0.29, 0.717) is 5.69 Å². The van der Waals surface area contributed by atoms with Crippen LogP contribution in [-0.4, -0.2) is 9.97 Å². The number of anilines is 1. The largest absolute Gasteiger partial charge is 0.397 e. The summed E-state index contributed by atoms with van der Waals surface area (Å²) < 4.78 is 1.02. The summed E-state index contributed by atoms with van der Waals surface area (Å²) in [6, 6.07) is 9.91. The zero-order valence-corrected chi connectivity index (χ0v) is 12.0. The Kier molecular flexibility index (Phi) is 2.95. The summed E-state index contributed by atoms with van der Waals surface area (Å²) in [4.78, 5) is 8.70. The number of halogens is 1. The van der Waals surface area contributed by atoms with Crippen molar-refractivity contribution in [2.45, 2.75) is 6.92 Å². The van der Waals surface area contributed by atoms with Crippen LogP contribution in [0.4, 0.5) is 5.69 Å². The molecule has 3 nitrogen and oxygen atoms in total. The Hall–Kier alpha value is -1.94. The molecule has 0 amide bonds. The fourth-order valence-corrected chi connectivity index (χ4v) is 2.80. The molecule has 0 aliphatic carbocycles. The van der Waals surface area contributed by atoms with E-state index in [2.05, 4.69) is 38.0 Å². The molecule has 19 heavy (non-hydrogen) atoms. The summed E-state index contributed by atoms with van der Waals surface area (Å²) >= 11 is 3.56. The Labute approximate surface area is 119 Å². The molecule has 2 N–H and O–H groups in total. The zero-order chi connectivity index (χ0) is 13.4. The molecule has 0 aliphatic rings. The van der Waals surface area contributed by atoms with Crippen LogP contribution in [0.5, 0.6) is 0 Å². The van der Waals surface area contributed by atoms with E-state index in [9.17, 15) is 0 Å². The summed E-state index contributed by atoms with van der Waals surface area (Å²) in [5, 5.41) is 1.03. The first-order valence-electron chi connectivity index (χ1n) is 5.92. The molecule has 0 bridgehead atoms. The second-order valence-corrected chi connectivity index (χ2v) is 5.33. The standard InChI is InChI=1S/C15H12BrN3/c1-9-6-12(16)11-8-13(17)15(19-14(11)7-9)10-2-4-18-5-3-10/h2-8H,17H2,1H3. The number of aryl methyl sites for hydroxylation is 1. The van der Waals surface area contributed by atoms with Gasteiger partial charge >= 0.3 is 0 Å². The van der Waals surface area contributed by atoms with Crippen molar-refractivity contribution >= 4 is 32.5 Å². The predicted molar refractivity (Wildman–Crippen MR) is 81.8 cm³/mol. The highest BCUT2D eigenvalue weighted by Crippen LogP contribution is 2.31. The summed E-state index contributed by atoms with van der Waals surface area (Å²) in [5.41, 5.74) is 10.7. The monoisotopic (exact) mass is 313 g/mol. The number of hydrogen-bond acceptors (Lipinski definition) is 3. The van der Waals surface area contributed by atoms with E-state index in [-0.39, 0.29) is 0 Å². The number of fused-ring (bicyclic) bond motifs is 1. The number of pyridine rings is 2. The average Bonchev–Trinajstić information content (AvgIpc) is 2.40. The summed E-state index contributed by atoms with van der Waals surface area (Å²) in [6.07, 6.45) is 3.49. The number of benzene rings is 1. The van der Waals surface area contributed by atoms with Gasteiger partial charge in [-0.3, -0.25) is 4.98 Å². The predicted octanol–water partition coefficient (Wildman–Crippen LogP) is 3.95. The molecule has 0 aliphatic heterocycles. The molecule has 3 aromatic rings. The van der Waals surface area contributed by atoms with Gasteiger partial charge in [-0.2, -0.15) is 0 Å². The molecule has 0 saturated carbocycles. The SMILES string of the molecule is Cc1cc(Br)c2cc(N)c(-c3ccncc3)nc2c1. The van der Waals surface area contributed by atoms with Crippen LogP contribution in [0.25, 0.3) is 22.2 Å². The molecule has 0 unspecified atom stereocenters. The highest BCUT2D eigenvalue weighted by atomic mass is 79.9. The fraction of sp³-hybridized carbons (Fsp3) is 0.0667. The second-order valence-electron chi connectivity index (χ2n) is 4.48. The quantitative estimate of drug-likeness (QED) is 0.740. The zero-order valence-electron chi connectivity index (χ0n) is 10.4. The van der Waals surface area contributed by atoms with Crippen molar-refractivity contribution in [2.24, 2.45) is 0 Å². The number of nitrogens with two attached hydrogens (primary N) is 1. The normalized spacial score (nSPS) is 10.8. The molecule has 2 heterocycles. The van der Waals surface area contributed by atoms with E-state index < -0.39 is 0 Å². The van der Waals surface area contributed by atoms with Crippen LogP contribution in [0.1, 0.15) is 5.56 Å². The lowest BCUT2D eigenvalue weighted by Gasteiger charge is -2.09. The van der Waals surface area contributed by atoms with Crippen molar-refractivity contribution in [1.29, 1.82) is 0 Å². The molecule has 0 fully saturated rings. The van der Waals surface area contributed by atoms with Crippen molar-refractivity contribution in [3.8, 4) is 11.3 Å². The van der Waals surface area contributed by atoms with Crippen LogP contribution in [0.3, 0.4) is 0 Å². The van der Waals surface area contributed by atoms with Gasteiger partial charge in [0.05, 0.1) is 16.9 Å². The molecule has 4 heteroatoms. The third kappa shape index (κ3) is 2.19. The van der Waals surface area contributed by atoms with Crippen molar-refractivity contribution in [2.75, 3.05) is 5.73 Å². The van der Waals surface area contributed by atoms with Gasteiger partial charge in [0.1, 0.15) is 0 Å². The van der Waals surface area contributed by atoms with Crippen LogP contribution in [0, 0.1) is 6.92 Å². The maximum atomic E-state index is 6.12. The molecule has 0 spiro atoms. The first-order valence-corrected chi connectivity index (χ1v) is 6.71. The molecule has 2 aromatic heterocycles. The number of hydrogen-bond donors (Lipinski definition) is 1. The molecule has 0 atom stereocenters. The van der Waals surface area contributed by atoms with Gasteiger partial charge in [0.15, 0.2) is 0 Å². The minimum absolute atomic E-state index is 0.670. The van der Waals surface area contributed by atoms with E-state index in [1.165, 1.54) is 0 Å². The minimum atomic E-state index is 0.670. The van der Waals surface area contributed by atoms with Gasteiger partial charge in [0.2, 0.25) is 0 Å². The third-order valence-electron chi connectivity index (χ3n) is 3.01. The highest BCUT2D eigenvalue weighted by Gasteiger charge is 2.09. The number of nitrogens with zero attached hydrogens (tertiary/aromatic N) is 2. The summed E-state index contributed by atoms with van der Waals surface area (Å²) in [7, 11) is 0. The Morgan fingerprint density at radius 1 is 1.11 bits per heavy atom. The molecule has 94 valence electrons. The average molecular weight is 314 g/mol. The first-order chi connectivity index (χ1) is 9.15. The lowest BCUT2D eigenvalue weighted by Crippen LogP contribution is -1.95. The van der Waals surface area contributed by atoms with Crippen LogP contribution in [0.15, 0.2) is 47.2 Å². The topological polar surface area (TPSA) is 51.8 Å². The Morgan fingerprint density at radius 2 is 1.84 bits per heavy atom. The molecule has 0 saturated heterocycles. The van der Waals surface area contributed by atoms with E-state index >= 15 is 0 Å². The van der Waals surface area contributed by atoms with Crippen molar-refractivity contribution in [3.63, 3.8) is 0 Å². The van der Waals surface area contributed by atoms with E-state index in [1.54, 1.807) is 12.4 Å². The van der Waals surface area contributed by atoms with Gasteiger partial charge in [0.25, 0.3) is 0 Å². The van der Waals surface area contributed by atoms with Gasteiger partial charge in [-0.1, -0.05) is 15.9 Å². The van der Waals surface area contributed by atoms with Crippen molar-refractivity contribution in [3.05, 3.63) is 52.8 Å². The molecule has 1 aromatic carbocycles. The summed E-state index contributed by atoms with van der Waals surface area (Å²) in [5.74, 6) is 0. The molecule has 0 radical (unpaired) electrons. The van der Waals surface area contributed by atoms with Gasteiger partial charge in [-0.05, 0) is 42.8 Å². The Balaban J connectivity index is 2.31. The van der Waals surface area contributed by atoms with E-state index in [0.717, 1.165) is 32.2 Å². The highest BCUT2D eigenvalue weighted by molar-refractivity contribution is 9.10. The maximum absolute atomic E-state index is 6.12. The Bertz CT molecular complexity index is 754. The van der Waals surface area contributed by atoms with Crippen LogP contribution in [0.2, 0.25) is 0 Å². The van der Waals surface area contributed by atoms with Crippen molar-refractivity contribution < 1.29 is 0 Å². The second kappa shape index (κ2) is 4.63. The summed E-state index contributed by atoms with van der Waals surface area (Å²) in [6.45, 7) is 2.05. The molecular weight excluding hydrogens is 302 g/mol. The molecule has 3 rings (SSSR count). The minimum Gasteiger partial charge on any atom is -0.397 e. The maximum Gasteiger partial charge on any atom is 0.0940 e. The van der Waals surface area contributed by atoms with Gasteiger partial charge in [-0.25, -0.2) is 4.98 Å². The van der Waals surface area contributed by atoms with Gasteiger partial charge in [-0.15, -0.1) is 0 Å². The molecular formula is C15H12BrN3. The smallest absolute Gasteiger partial charge is 0.0940 e. The number of nitrogen functional groups attached to an aromatic ring is 1. The van der Waals surface area contributed by atoms with Crippen LogP contribution < -0.4 is 5.73 Å². The van der Waals surface area contributed by atoms with E-state index in [1.807, 2.05) is 25.1 Å². The van der Waals surface area contributed by atoms with Crippen LogP contribution in [-0.2, 0) is 0 Å². The van der Waals surface area contributed by atoms with E-state index in [4.69, 9.17) is 5.73 Å². The van der Waals surface area contributed by atoms with Crippen molar-refractivity contribution in [1.82, 2.24) is 9.97 Å². The Morgan fingerprint density at radius 3 is 2.58 bits per heavy atom. The lowest BCUT2D eigenvalue weighted by atomic mass is 10.1. The van der Waals surface area contributed by atoms with Gasteiger partial charge in [0, 0.05) is 27.8 Å².